The molecule has 2 rings (SSSR count). The van der Waals surface area contributed by atoms with Crippen molar-refractivity contribution in [2.45, 2.75) is 6.10 Å². The Labute approximate surface area is 114 Å². The lowest BCUT2D eigenvalue weighted by atomic mass is 10.3. The van der Waals surface area contributed by atoms with E-state index in [0.717, 1.165) is 0 Å². The van der Waals surface area contributed by atoms with Gasteiger partial charge in [-0.25, -0.2) is 14.6 Å². The number of hydrogen-bond donors (Lipinski definition) is 2. The van der Waals surface area contributed by atoms with Gasteiger partial charge in [0.1, 0.15) is 5.69 Å². The number of anilines is 1. The van der Waals surface area contributed by atoms with Gasteiger partial charge in [-0.05, 0) is 12.1 Å². The fourth-order valence-corrected chi connectivity index (χ4v) is 1.71. The van der Waals surface area contributed by atoms with E-state index in [1.807, 2.05) is 6.07 Å². The van der Waals surface area contributed by atoms with E-state index in [0.29, 0.717) is 18.8 Å². The lowest BCUT2D eigenvalue weighted by Crippen LogP contribution is -2.46. The molecule has 0 radical (unpaired) electrons. The highest BCUT2D eigenvalue weighted by Gasteiger charge is 2.23. The lowest BCUT2D eigenvalue weighted by molar-refractivity contribution is 0.0181. The highest BCUT2D eigenvalue weighted by Crippen LogP contribution is 2.10. The van der Waals surface area contributed by atoms with Crippen LogP contribution in [0.3, 0.4) is 0 Å². The Morgan fingerprint density at radius 1 is 1.55 bits per heavy atom. The third kappa shape index (κ3) is 3.21. The van der Waals surface area contributed by atoms with E-state index in [2.05, 4.69) is 10.3 Å². The molecular formula is C12H12N4O4. The number of hydrogen-bond acceptors (Lipinski definition) is 5. The second-order valence-corrected chi connectivity index (χ2v) is 4.10. The lowest BCUT2D eigenvalue weighted by Gasteiger charge is -2.29. The average Bonchev–Trinajstić information content (AvgIpc) is 2.47. The van der Waals surface area contributed by atoms with Crippen molar-refractivity contribution in [2.75, 3.05) is 25.0 Å². The molecule has 0 aliphatic carbocycles. The van der Waals surface area contributed by atoms with Crippen molar-refractivity contribution in [3.63, 3.8) is 0 Å². The van der Waals surface area contributed by atoms with Gasteiger partial charge in [-0.15, -0.1) is 0 Å². The number of ether oxygens (including phenoxy) is 1. The first-order valence-corrected chi connectivity index (χ1v) is 5.86. The SMILES string of the molecule is N#CC1CN(C(=O)Nc2ccc(C(=O)O)nc2)CCO1. The number of nitriles is 1. The van der Waals surface area contributed by atoms with Gasteiger partial charge < -0.3 is 20.1 Å². The van der Waals surface area contributed by atoms with Crippen molar-refractivity contribution < 1.29 is 19.4 Å². The van der Waals surface area contributed by atoms with Gasteiger partial charge in [-0.2, -0.15) is 5.26 Å². The second kappa shape index (κ2) is 5.99. The zero-order valence-electron chi connectivity index (χ0n) is 10.4. The third-order valence-corrected chi connectivity index (χ3v) is 2.73. The molecular weight excluding hydrogens is 264 g/mol. The van der Waals surface area contributed by atoms with Gasteiger partial charge in [0.05, 0.1) is 31.1 Å². The van der Waals surface area contributed by atoms with Gasteiger partial charge in [0, 0.05) is 6.54 Å². The summed E-state index contributed by atoms with van der Waals surface area (Å²) in [4.78, 5) is 27.8. The molecule has 1 atom stereocenters. The molecule has 0 aromatic carbocycles. The minimum absolute atomic E-state index is 0.0982. The van der Waals surface area contributed by atoms with Crippen molar-refractivity contribution in [3.05, 3.63) is 24.0 Å². The minimum atomic E-state index is -1.13. The van der Waals surface area contributed by atoms with E-state index in [1.165, 1.54) is 23.2 Å². The summed E-state index contributed by atoms with van der Waals surface area (Å²) in [5.74, 6) is -1.13. The van der Waals surface area contributed by atoms with Gasteiger partial charge in [0.15, 0.2) is 6.10 Å². The summed E-state index contributed by atoms with van der Waals surface area (Å²) in [7, 11) is 0. The molecule has 1 saturated heterocycles. The van der Waals surface area contributed by atoms with Crippen LogP contribution < -0.4 is 5.32 Å². The molecule has 1 aliphatic rings. The van der Waals surface area contributed by atoms with E-state index in [9.17, 15) is 9.59 Å². The summed E-state index contributed by atoms with van der Waals surface area (Å²) in [6.07, 6.45) is 0.644. The highest BCUT2D eigenvalue weighted by atomic mass is 16.5. The molecule has 8 heteroatoms. The number of nitrogens with one attached hydrogen (secondary N) is 1. The first-order chi connectivity index (χ1) is 9.60. The maximum atomic E-state index is 12.0. The molecule has 2 heterocycles. The molecule has 1 aromatic rings. The zero-order chi connectivity index (χ0) is 14.5. The Morgan fingerprint density at radius 3 is 2.95 bits per heavy atom. The first kappa shape index (κ1) is 13.8. The fourth-order valence-electron chi connectivity index (χ4n) is 1.71. The summed E-state index contributed by atoms with van der Waals surface area (Å²) in [5.41, 5.74) is 0.291. The number of carboxylic acid groups (broad SMARTS) is 1. The van der Waals surface area contributed by atoms with Crippen molar-refractivity contribution in [3.8, 4) is 6.07 Å². The predicted molar refractivity (Wildman–Crippen MR) is 67.1 cm³/mol. The predicted octanol–water partition coefficient (Wildman–Crippen LogP) is 0.536. The molecule has 0 bridgehead atoms. The van der Waals surface area contributed by atoms with Crippen LogP contribution in [-0.2, 0) is 4.74 Å². The summed E-state index contributed by atoms with van der Waals surface area (Å²) in [6.45, 7) is 0.898. The van der Waals surface area contributed by atoms with Crippen molar-refractivity contribution in [1.29, 1.82) is 5.26 Å². The molecule has 0 saturated carbocycles. The smallest absolute Gasteiger partial charge is 0.354 e. The van der Waals surface area contributed by atoms with Crippen LogP contribution in [0.15, 0.2) is 18.3 Å². The van der Waals surface area contributed by atoms with Crippen molar-refractivity contribution in [2.24, 2.45) is 0 Å². The molecule has 1 unspecified atom stereocenters. The number of carbonyl (C=O) groups excluding carboxylic acids is 1. The molecule has 1 fully saturated rings. The Hall–Kier alpha value is -2.66. The van der Waals surface area contributed by atoms with Crippen LogP contribution in [0.5, 0.6) is 0 Å². The molecule has 0 spiro atoms. The second-order valence-electron chi connectivity index (χ2n) is 4.10. The first-order valence-electron chi connectivity index (χ1n) is 5.86. The highest BCUT2D eigenvalue weighted by molar-refractivity contribution is 5.90. The van der Waals surface area contributed by atoms with E-state index in [-0.39, 0.29) is 18.3 Å². The molecule has 1 aromatic heterocycles. The van der Waals surface area contributed by atoms with Gasteiger partial charge in [0.2, 0.25) is 0 Å². The number of amides is 2. The third-order valence-electron chi connectivity index (χ3n) is 2.73. The monoisotopic (exact) mass is 276 g/mol. The molecule has 8 nitrogen and oxygen atoms in total. The van der Waals surface area contributed by atoms with Gasteiger partial charge in [-0.1, -0.05) is 0 Å². The maximum absolute atomic E-state index is 12.0. The quantitative estimate of drug-likeness (QED) is 0.814. The van der Waals surface area contributed by atoms with Gasteiger partial charge in [0.25, 0.3) is 0 Å². The molecule has 1 aliphatic heterocycles. The molecule has 2 amide bonds. The number of rotatable bonds is 2. The van der Waals surface area contributed by atoms with Gasteiger partial charge >= 0.3 is 12.0 Å². The number of aromatic nitrogens is 1. The van der Waals surface area contributed by atoms with Gasteiger partial charge in [-0.3, -0.25) is 0 Å². The minimum Gasteiger partial charge on any atom is -0.477 e. The van der Waals surface area contributed by atoms with Crippen molar-refractivity contribution in [1.82, 2.24) is 9.88 Å². The summed E-state index contributed by atoms with van der Waals surface area (Å²) >= 11 is 0. The van der Waals surface area contributed by atoms with Crippen molar-refractivity contribution >= 4 is 17.7 Å². The van der Waals surface area contributed by atoms with E-state index >= 15 is 0 Å². The number of morpholine rings is 1. The standard InChI is InChI=1S/C12H12N4O4/c13-5-9-7-16(3-4-20-9)12(19)15-8-1-2-10(11(17)18)14-6-8/h1-2,6,9H,3-4,7H2,(H,15,19)(H,17,18). The number of aromatic carboxylic acids is 1. The van der Waals surface area contributed by atoms with Crippen LogP contribution in [-0.4, -0.2) is 52.8 Å². The van der Waals surface area contributed by atoms with Crippen LogP contribution in [0.4, 0.5) is 10.5 Å². The number of carbonyl (C=O) groups is 2. The number of carboxylic acids is 1. The van der Waals surface area contributed by atoms with Crippen LogP contribution in [0.1, 0.15) is 10.5 Å². The fraction of sp³-hybridized carbons (Fsp3) is 0.333. The van der Waals surface area contributed by atoms with Crippen LogP contribution in [0, 0.1) is 11.3 Å². The Bertz CT molecular complexity index is 552. The summed E-state index contributed by atoms with van der Waals surface area (Å²) in [5, 5.41) is 20.1. The number of urea groups is 1. The van der Waals surface area contributed by atoms with Crippen LogP contribution in [0.2, 0.25) is 0 Å². The maximum Gasteiger partial charge on any atom is 0.354 e. The molecule has 20 heavy (non-hydrogen) atoms. The summed E-state index contributed by atoms with van der Waals surface area (Å²) < 4.78 is 5.14. The van der Waals surface area contributed by atoms with E-state index < -0.39 is 12.1 Å². The van der Waals surface area contributed by atoms with Crippen LogP contribution in [0.25, 0.3) is 0 Å². The van der Waals surface area contributed by atoms with Crippen LogP contribution >= 0.6 is 0 Å². The Morgan fingerprint density at radius 2 is 2.35 bits per heavy atom. The molecule has 104 valence electrons. The molecule has 2 N–H and O–H groups in total. The zero-order valence-corrected chi connectivity index (χ0v) is 10.4. The van der Waals surface area contributed by atoms with E-state index in [4.69, 9.17) is 15.1 Å². The Kier molecular flexibility index (Phi) is 4.12. The normalized spacial score (nSPS) is 18.1. The number of nitrogens with zero attached hydrogens (tertiary/aromatic N) is 3. The number of pyridine rings is 1. The average molecular weight is 276 g/mol. The van der Waals surface area contributed by atoms with E-state index in [1.54, 1.807) is 0 Å². The topological polar surface area (TPSA) is 116 Å². The largest absolute Gasteiger partial charge is 0.477 e. The summed E-state index contributed by atoms with van der Waals surface area (Å²) in [6, 6.07) is 4.33. The Balaban J connectivity index is 1.97.